The second-order valence-electron chi connectivity index (χ2n) is 7.10. The maximum Gasteiger partial charge on any atom is 0.225 e. The second-order valence-corrected chi connectivity index (χ2v) is 11.0. The largest absolute Gasteiger partial charge is 0.495 e. The summed E-state index contributed by atoms with van der Waals surface area (Å²) in [6.07, 6.45) is 0.0736. The van der Waals surface area contributed by atoms with E-state index in [1.165, 1.54) is 57.2 Å². The van der Waals surface area contributed by atoms with Gasteiger partial charge < -0.3 is 20.1 Å². The highest BCUT2D eigenvalue weighted by Crippen LogP contribution is 2.36. The molecule has 0 bridgehead atoms. The van der Waals surface area contributed by atoms with Crippen LogP contribution in [0.2, 0.25) is 5.02 Å². The number of carbonyl (C=O) groups is 2. The molecule has 2 aromatic carbocycles. The van der Waals surface area contributed by atoms with Gasteiger partial charge >= 0.3 is 0 Å². The molecular weight excluding hydrogens is 476 g/mol. The van der Waals surface area contributed by atoms with Crippen LogP contribution >= 0.6 is 23.4 Å². The van der Waals surface area contributed by atoms with Crippen LogP contribution < -0.4 is 20.1 Å². The Kier molecular flexibility index (Phi) is 7.58. The van der Waals surface area contributed by atoms with E-state index in [-0.39, 0.29) is 22.2 Å². The van der Waals surface area contributed by atoms with Crippen LogP contribution in [-0.2, 0) is 19.4 Å². The first-order valence-electron chi connectivity index (χ1n) is 9.67. The standard InChI is InChI=1S/C21H23ClN2O6S2/c1-12(8-21(26)23-15-10-14(22)17(29-2)11-18(15)30-3)32(27,28)13-4-5-19-16(9-13)24-20(25)6-7-31-19/h4-5,9-12H,6-8H2,1-3H3,(H,23,26)(H,24,25)/t12-/m1/s1. The Bertz CT molecular complexity index is 1150. The smallest absolute Gasteiger partial charge is 0.225 e. The molecule has 3 rings (SSSR count). The summed E-state index contributed by atoms with van der Waals surface area (Å²) in [5, 5.41) is 4.64. The van der Waals surface area contributed by atoms with Crippen molar-refractivity contribution in [1.82, 2.24) is 0 Å². The van der Waals surface area contributed by atoms with Gasteiger partial charge in [0.05, 0.1) is 40.8 Å². The van der Waals surface area contributed by atoms with E-state index in [0.717, 1.165) is 4.90 Å². The molecular formula is C21H23ClN2O6S2. The van der Waals surface area contributed by atoms with Crippen LogP contribution in [0, 0.1) is 0 Å². The molecule has 1 aliphatic heterocycles. The Morgan fingerprint density at radius 2 is 1.94 bits per heavy atom. The number of ether oxygens (including phenoxy) is 2. The minimum atomic E-state index is -3.82. The maximum atomic E-state index is 13.1. The molecule has 2 aromatic rings. The van der Waals surface area contributed by atoms with E-state index in [9.17, 15) is 18.0 Å². The van der Waals surface area contributed by atoms with Crippen molar-refractivity contribution in [3.63, 3.8) is 0 Å². The van der Waals surface area contributed by atoms with Crippen molar-refractivity contribution >= 4 is 56.4 Å². The number of methoxy groups -OCH3 is 2. The van der Waals surface area contributed by atoms with E-state index >= 15 is 0 Å². The highest BCUT2D eigenvalue weighted by Gasteiger charge is 2.27. The summed E-state index contributed by atoms with van der Waals surface area (Å²) in [6.45, 7) is 1.46. The van der Waals surface area contributed by atoms with Crippen molar-refractivity contribution in [2.75, 3.05) is 30.6 Å². The molecule has 0 fully saturated rings. The monoisotopic (exact) mass is 498 g/mol. The zero-order chi connectivity index (χ0) is 23.5. The summed E-state index contributed by atoms with van der Waals surface area (Å²) in [6, 6.07) is 7.62. The summed E-state index contributed by atoms with van der Waals surface area (Å²) >= 11 is 7.61. The van der Waals surface area contributed by atoms with Gasteiger partial charge in [-0.3, -0.25) is 9.59 Å². The molecule has 0 aliphatic carbocycles. The predicted octanol–water partition coefficient (Wildman–Crippen LogP) is 3.98. The first-order valence-corrected chi connectivity index (χ1v) is 12.6. The van der Waals surface area contributed by atoms with E-state index < -0.39 is 21.0 Å². The molecule has 0 saturated heterocycles. The van der Waals surface area contributed by atoms with Crippen LogP contribution in [0.5, 0.6) is 11.5 Å². The topological polar surface area (TPSA) is 111 Å². The zero-order valence-corrected chi connectivity index (χ0v) is 20.1. The highest BCUT2D eigenvalue weighted by molar-refractivity contribution is 7.99. The molecule has 32 heavy (non-hydrogen) atoms. The number of hydrogen-bond acceptors (Lipinski definition) is 7. The van der Waals surface area contributed by atoms with Crippen molar-refractivity contribution in [1.29, 1.82) is 0 Å². The van der Waals surface area contributed by atoms with Gasteiger partial charge in [-0.15, -0.1) is 11.8 Å². The van der Waals surface area contributed by atoms with Crippen LogP contribution in [0.25, 0.3) is 0 Å². The van der Waals surface area contributed by atoms with E-state index in [1.807, 2.05) is 0 Å². The predicted molar refractivity (Wildman–Crippen MR) is 125 cm³/mol. The molecule has 0 unspecified atom stereocenters. The molecule has 172 valence electrons. The number of carbonyl (C=O) groups excluding carboxylic acids is 2. The lowest BCUT2D eigenvalue weighted by atomic mass is 10.2. The fraction of sp³-hybridized carbons (Fsp3) is 0.333. The first-order chi connectivity index (χ1) is 15.1. The average molecular weight is 499 g/mol. The third-order valence-corrected chi connectivity index (χ3v) is 8.40. The van der Waals surface area contributed by atoms with Crippen molar-refractivity contribution in [3.05, 3.63) is 35.4 Å². The summed E-state index contributed by atoms with van der Waals surface area (Å²) in [5.41, 5.74) is 0.769. The minimum Gasteiger partial charge on any atom is -0.495 e. The molecule has 0 radical (unpaired) electrons. The van der Waals surface area contributed by atoms with Gasteiger partial charge in [0.25, 0.3) is 0 Å². The highest BCUT2D eigenvalue weighted by atomic mass is 35.5. The summed E-state index contributed by atoms with van der Waals surface area (Å²) in [7, 11) is -0.935. The normalized spacial score (nSPS) is 14.6. The Morgan fingerprint density at radius 3 is 2.62 bits per heavy atom. The van der Waals surface area contributed by atoms with E-state index in [2.05, 4.69) is 10.6 Å². The number of rotatable bonds is 7. The number of fused-ring (bicyclic) bond motifs is 1. The molecule has 0 spiro atoms. The lowest BCUT2D eigenvalue weighted by molar-refractivity contribution is -0.116. The Balaban J connectivity index is 1.77. The number of halogens is 1. The summed E-state index contributed by atoms with van der Waals surface area (Å²) in [5.74, 6) is 0.657. The molecule has 1 aliphatic rings. The summed E-state index contributed by atoms with van der Waals surface area (Å²) in [4.78, 5) is 25.3. The second kappa shape index (κ2) is 10.0. The SMILES string of the molecule is COc1cc(OC)c(NC(=O)C[C@@H](C)S(=O)(=O)c2ccc3c(c2)NC(=O)CCS3)cc1Cl. The molecule has 0 aromatic heterocycles. The molecule has 8 nitrogen and oxygen atoms in total. The summed E-state index contributed by atoms with van der Waals surface area (Å²) < 4.78 is 36.5. The first kappa shape index (κ1) is 24.2. The fourth-order valence-electron chi connectivity index (χ4n) is 3.14. The zero-order valence-electron chi connectivity index (χ0n) is 17.7. The van der Waals surface area contributed by atoms with E-state index in [4.69, 9.17) is 21.1 Å². The van der Waals surface area contributed by atoms with Gasteiger partial charge in [0.1, 0.15) is 11.5 Å². The average Bonchev–Trinajstić information content (AvgIpc) is 2.93. The van der Waals surface area contributed by atoms with Crippen molar-refractivity contribution in [2.24, 2.45) is 0 Å². The Labute approximate surface area is 195 Å². The molecule has 1 atom stereocenters. The van der Waals surface area contributed by atoms with Crippen LogP contribution in [0.3, 0.4) is 0 Å². The number of amides is 2. The molecule has 0 saturated carbocycles. The number of thioether (sulfide) groups is 1. The number of nitrogens with one attached hydrogen (secondary N) is 2. The Morgan fingerprint density at radius 1 is 1.22 bits per heavy atom. The molecule has 2 amide bonds. The van der Waals surface area contributed by atoms with Crippen LogP contribution in [-0.4, -0.2) is 45.5 Å². The number of anilines is 2. The quantitative estimate of drug-likeness (QED) is 0.593. The lowest BCUT2D eigenvalue weighted by Crippen LogP contribution is -2.25. The molecule has 2 N–H and O–H groups in total. The van der Waals surface area contributed by atoms with Crippen molar-refractivity contribution in [2.45, 2.75) is 34.8 Å². The van der Waals surface area contributed by atoms with Gasteiger partial charge in [-0.05, 0) is 31.2 Å². The van der Waals surface area contributed by atoms with Gasteiger partial charge in [0, 0.05) is 29.6 Å². The van der Waals surface area contributed by atoms with Crippen LogP contribution in [0.1, 0.15) is 19.8 Å². The molecule has 11 heteroatoms. The molecule has 1 heterocycles. The minimum absolute atomic E-state index is 0.0458. The Hall–Kier alpha value is -2.43. The maximum absolute atomic E-state index is 13.1. The number of hydrogen-bond donors (Lipinski definition) is 2. The van der Waals surface area contributed by atoms with Crippen molar-refractivity contribution < 1.29 is 27.5 Å². The van der Waals surface area contributed by atoms with E-state index in [0.29, 0.717) is 35.0 Å². The van der Waals surface area contributed by atoms with Gasteiger partial charge in [-0.1, -0.05) is 11.6 Å². The van der Waals surface area contributed by atoms with Gasteiger partial charge in [0.2, 0.25) is 11.8 Å². The van der Waals surface area contributed by atoms with Crippen molar-refractivity contribution in [3.8, 4) is 11.5 Å². The third kappa shape index (κ3) is 5.31. The van der Waals surface area contributed by atoms with Gasteiger partial charge in [0.15, 0.2) is 9.84 Å². The van der Waals surface area contributed by atoms with Gasteiger partial charge in [-0.25, -0.2) is 8.42 Å². The van der Waals surface area contributed by atoms with Crippen LogP contribution in [0.15, 0.2) is 40.1 Å². The number of benzene rings is 2. The fourth-order valence-corrected chi connectivity index (χ4v) is 5.69. The third-order valence-electron chi connectivity index (χ3n) is 4.89. The number of sulfone groups is 1. The lowest BCUT2D eigenvalue weighted by Gasteiger charge is -2.16. The van der Waals surface area contributed by atoms with E-state index in [1.54, 1.807) is 6.07 Å². The van der Waals surface area contributed by atoms with Gasteiger partial charge in [-0.2, -0.15) is 0 Å². The van der Waals surface area contributed by atoms with Crippen LogP contribution in [0.4, 0.5) is 11.4 Å².